The van der Waals surface area contributed by atoms with E-state index in [0.717, 1.165) is 11.1 Å². The second kappa shape index (κ2) is 3.75. The SMILES string of the molecule is Cc1ccc2c(c1)cc(Br)n2CCN. The Kier molecular flexibility index (Phi) is 2.61. The second-order valence-corrected chi connectivity index (χ2v) is 4.28. The lowest BCUT2D eigenvalue weighted by Gasteiger charge is -2.04. The average molecular weight is 253 g/mol. The highest BCUT2D eigenvalue weighted by molar-refractivity contribution is 9.10. The summed E-state index contributed by atoms with van der Waals surface area (Å²) in [5.41, 5.74) is 8.10. The first-order chi connectivity index (χ1) is 6.72. The Morgan fingerprint density at radius 3 is 2.86 bits per heavy atom. The van der Waals surface area contributed by atoms with Crippen LogP contribution in [-0.4, -0.2) is 11.1 Å². The largest absolute Gasteiger partial charge is 0.334 e. The summed E-state index contributed by atoms with van der Waals surface area (Å²) in [6, 6.07) is 8.60. The number of nitrogens with zero attached hydrogens (tertiary/aromatic N) is 1. The zero-order valence-electron chi connectivity index (χ0n) is 8.13. The smallest absolute Gasteiger partial charge is 0.0857 e. The molecule has 0 spiro atoms. The summed E-state index contributed by atoms with van der Waals surface area (Å²) in [5, 5.41) is 1.27. The van der Waals surface area contributed by atoms with E-state index in [1.54, 1.807) is 0 Å². The monoisotopic (exact) mass is 252 g/mol. The Morgan fingerprint density at radius 1 is 1.36 bits per heavy atom. The molecule has 0 aliphatic rings. The van der Waals surface area contributed by atoms with E-state index in [4.69, 9.17) is 5.73 Å². The maximum atomic E-state index is 5.57. The van der Waals surface area contributed by atoms with Gasteiger partial charge in [-0.1, -0.05) is 11.6 Å². The number of halogens is 1. The molecule has 0 unspecified atom stereocenters. The Balaban J connectivity index is 2.64. The van der Waals surface area contributed by atoms with Gasteiger partial charge in [0.25, 0.3) is 0 Å². The molecule has 2 aromatic rings. The molecule has 2 nitrogen and oxygen atoms in total. The normalized spacial score (nSPS) is 11.1. The fourth-order valence-corrected chi connectivity index (χ4v) is 2.33. The predicted octanol–water partition coefficient (Wildman–Crippen LogP) is 2.67. The van der Waals surface area contributed by atoms with Crippen LogP contribution in [0.4, 0.5) is 0 Å². The van der Waals surface area contributed by atoms with Crippen molar-refractivity contribution in [1.29, 1.82) is 0 Å². The van der Waals surface area contributed by atoms with Gasteiger partial charge in [-0.25, -0.2) is 0 Å². The molecule has 1 heterocycles. The van der Waals surface area contributed by atoms with E-state index in [1.165, 1.54) is 16.5 Å². The number of aromatic nitrogens is 1. The van der Waals surface area contributed by atoms with Crippen LogP contribution in [0.3, 0.4) is 0 Å². The minimum Gasteiger partial charge on any atom is -0.334 e. The summed E-state index contributed by atoms with van der Waals surface area (Å²) in [5.74, 6) is 0. The van der Waals surface area contributed by atoms with E-state index in [0.29, 0.717) is 6.54 Å². The predicted molar refractivity (Wildman–Crippen MR) is 63.4 cm³/mol. The molecule has 0 saturated carbocycles. The van der Waals surface area contributed by atoms with Crippen LogP contribution in [0.15, 0.2) is 28.9 Å². The third-order valence-electron chi connectivity index (χ3n) is 2.36. The first-order valence-corrected chi connectivity index (χ1v) is 5.47. The van der Waals surface area contributed by atoms with Crippen molar-refractivity contribution in [2.24, 2.45) is 5.73 Å². The second-order valence-electron chi connectivity index (χ2n) is 3.47. The molecule has 0 amide bonds. The van der Waals surface area contributed by atoms with Crippen LogP contribution >= 0.6 is 15.9 Å². The highest BCUT2D eigenvalue weighted by Gasteiger charge is 2.05. The van der Waals surface area contributed by atoms with Gasteiger partial charge in [0, 0.05) is 24.0 Å². The third kappa shape index (κ3) is 1.57. The molecular formula is C11H13BrN2. The van der Waals surface area contributed by atoms with E-state index in [1.807, 2.05) is 0 Å². The Hall–Kier alpha value is -0.800. The van der Waals surface area contributed by atoms with Crippen LogP contribution in [0.25, 0.3) is 10.9 Å². The van der Waals surface area contributed by atoms with Crippen molar-refractivity contribution in [2.75, 3.05) is 6.54 Å². The van der Waals surface area contributed by atoms with Gasteiger partial charge in [-0.15, -0.1) is 0 Å². The number of benzene rings is 1. The molecule has 0 bridgehead atoms. The van der Waals surface area contributed by atoms with Crippen LogP contribution in [0, 0.1) is 6.92 Å². The van der Waals surface area contributed by atoms with Crippen LogP contribution in [0.2, 0.25) is 0 Å². The highest BCUT2D eigenvalue weighted by atomic mass is 79.9. The van der Waals surface area contributed by atoms with Gasteiger partial charge in [-0.3, -0.25) is 0 Å². The summed E-state index contributed by atoms with van der Waals surface area (Å²) in [7, 11) is 0. The lowest BCUT2D eigenvalue weighted by molar-refractivity contribution is 0.722. The minimum absolute atomic E-state index is 0.663. The maximum Gasteiger partial charge on any atom is 0.0857 e. The molecule has 1 aromatic carbocycles. The molecule has 0 aliphatic carbocycles. The summed E-state index contributed by atoms with van der Waals surface area (Å²) in [4.78, 5) is 0. The summed E-state index contributed by atoms with van der Waals surface area (Å²) < 4.78 is 3.29. The first kappa shape index (κ1) is 9.74. The molecule has 1 aromatic heterocycles. The van der Waals surface area contributed by atoms with Gasteiger partial charge >= 0.3 is 0 Å². The average Bonchev–Trinajstić information content (AvgIpc) is 2.43. The number of hydrogen-bond donors (Lipinski definition) is 1. The molecular weight excluding hydrogens is 240 g/mol. The Morgan fingerprint density at radius 2 is 2.14 bits per heavy atom. The fraction of sp³-hybridized carbons (Fsp3) is 0.273. The van der Waals surface area contributed by atoms with E-state index < -0.39 is 0 Å². The van der Waals surface area contributed by atoms with Crippen LogP contribution in [0.1, 0.15) is 5.56 Å². The number of aryl methyl sites for hydroxylation is 1. The van der Waals surface area contributed by atoms with Gasteiger partial charge in [0.05, 0.1) is 4.60 Å². The standard InChI is InChI=1S/C11H13BrN2/c1-8-2-3-10-9(6-8)7-11(12)14(10)5-4-13/h2-3,6-7H,4-5,13H2,1H3. The van der Waals surface area contributed by atoms with Crippen LogP contribution < -0.4 is 5.73 Å². The number of hydrogen-bond acceptors (Lipinski definition) is 1. The highest BCUT2D eigenvalue weighted by Crippen LogP contribution is 2.24. The van der Waals surface area contributed by atoms with Crippen molar-refractivity contribution in [3.05, 3.63) is 34.4 Å². The molecule has 0 saturated heterocycles. The van der Waals surface area contributed by atoms with Gasteiger partial charge < -0.3 is 10.3 Å². The van der Waals surface area contributed by atoms with Gasteiger partial charge in [-0.05, 0) is 41.1 Å². The van der Waals surface area contributed by atoms with Crippen LogP contribution in [-0.2, 0) is 6.54 Å². The first-order valence-electron chi connectivity index (χ1n) is 4.68. The van der Waals surface area contributed by atoms with E-state index in [9.17, 15) is 0 Å². The number of nitrogens with two attached hydrogens (primary N) is 1. The lowest BCUT2D eigenvalue weighted by Crippen LogP contribution is -2.09. The van der Waals surface area contributed by atoms with Crippen LogP contribution in [0.5, 0.6) is 0 Å². The van der Waals surface area contributed by atoms with E-state index >= 15 is 0 Å². The Labute approximate surface area is 91.8 Å². The van der Waals surface area contributed by atoms with Gasteiger partial charge in [0.1, 0.15) is 0 Å². The quantitative estimate of drug-likeness (QED) is 0.876. The summed E-state index contributed by atoms with van der Waals surface area (Å²) in [6.07, 6.45) is 0. The number of rotatable bonds is 2. The minimum atomic E-state index is 0.663. The van der Waals surface area contributed by atoms with Crippen molar-refractivity contribution >= 4 is 26.8 Å². The molecule has 2 N–H and O–H groups in total. The topological polar surface area (TPSA) is 30.9 Å². The molecule has 0 fully saturated rings. The van der Waals surface area contributed by atoms with Crippen molar-refractivity contribution in [3.8, 4) is 0 Å². The van der Waals surface area contributed by atoms with Crippen molar-refractivity contribution in [3.63, 3.8) is 0 Å². The fourth-order valence-electron chi connectivity index (χ4n) is 1.71. The molecule has 14 heavy (non-hydrogen) atoms. The van der Waals surface area contributed by atoms with Gasteiger partial charge in [-0.2, -0.15) is 0 Å². The van der Waals surface area contributed by atoms with E-state index in [2.05, 4.69) is 51.7 Å². The molecule has 2 rings (SSSR count). The Bertz CT molecular complexity index is 460. The molecule has 0 atom stereocenters. The maximum absolute atomic E-state index is 5.57. The van der Waals surface area contributed by atoms with Crippen molar-refractivity contribution in [2.45, 2.75) is 13.5 Å². The lowest BCUT2D eigenvalue weighted by atomic mass is 10.2. The summed E-state index contributed by atoms with van der Waals surface area (Å²) in [6.45, 7) is 3.62. The van der Waals surface area contributed by atoms with E-state index in [-0.39, 0.29) is 0 Å². The zero-order chi connectivity index (χ0) is 10.1. The van der Waals surface area contributed by atoms with Gasteiger partial charge in [0.2, 0.25) is 0 Å². The number of fused-ring (bicyclic) bond motifs is 1. The summed E-state index contributed by atoms with van der Waals surface area (Å²) >= 11 is 3.54. The molecule has 0 aliphatic heterocycles. The third-order valence-corrected chi connectivity index (χ3v) is 3.02. The zero-order valence-corrected chi connectivity index (χ0v) is 9.71. The molecule has 0 radical (unpaired) electrons. The van der Waals surface area contributed by atoms with Crippen molar-refractivity contribution < 1.29 is 0 Å². The molecule has 3 heteroatoms. The van der Waals surface area contributed by atoms with Crippen molar-refractivity contribution in [1.82, 2.24) is 4.57 Å². The molecule has 74 valence electrons. The van der Waals surface area contributed by atoms with Gasteiger partial charge in [0.15, 0.2) is 0 Å².